The zero-order chi connectivity index (χ0) is 16.7. The Morgan fingerprint density at radius 2 is 1.62 bits per heavy atom. The summed E-state index contributed by atoms with van der Waals surface area (Å²) in [4.78, 5) is 0. The lowest BCUT2D eigenvalue weighted by molar-refractivity contribution is 0.393. The summed E-state index contributed by atoms with van der Waals surface area (Å²) in [7, 11) is 1.73. The van der Waals surface area contributed by atoms with E-state index in [2.05, 4.69) is 71.2 Å². The van der Waals surface area contributed by atoms with Gasteiger partial charge in [-0.1, -0.05) is 30.3 Å². The number of aromatic nitrogens is 2. The second kappa shape index (κ2) is 5.75. The van der Waals surface area contributed by atoms with Gasteiger partial charge in [0.1, 0.15) is 5.65 Å². The van der Waals surface area contributed by atoms with Crippen molar-refractivity contribution < 1.29 is 4.74 Å². The van der Waals surface area contributed by atoms with Gasteiger partial charge < -0.3 is 4.74 Å². The van der Waals surface area contributed by atoms with Gasteiger partial charge in [0.15, 0.2) is 5.88 Å². The summed E-state index contributed by atoms with van der Waals surface area (Å²) in [5, 5.41) is 0. The van der Waals surface area contributed by atoms with Gasteiger partial charge in [-0.2, -0.15) is 0 Å². The number of methoxy groups -OCH3 is 1. The van der Waals surface area contributed by atoms with E-state index in [0.717, 1.165) is 24.4 Å². The fraction of sp³-hybridized carbons (Fsp3) is 0.238. The van der Waals surface area contributed by atoms with Crippen LogP contribution in [0.15, 0.2) is 54.6 Å². The lowest BCUT2D eigenvalue weighted by Crippen LogP contribution is -2.05. The second-order valence-corrected chi connectivity index (χ2v) is 6.31. The Morgan fingerprint density at radius 1 is 0.833 bits per heavy atom. The van der Waals surface area contributed by atoms with E-state index in [4.69, 9.17) is 4.74 Å². The van der Waals surface area contributed by atoms with Crippen LogP contribution < -0.4 is 4.74 Å². The topological polar surface area (TPSA) is 18.1 Å². The van der Waals surface area contributed by atoms with Gasteiger partial charge in [0.25, 0.3) is 0 Å². The number of fused-ring (bicyclic) bond motifs is 3. The molecule has 4 rings (SSSR count). The molecule has 0 unspecified atom stereocenters. The van der Waals surface area contributed by atoms with Crippen molar-refractivity contribution in [2.75, 3.05) is 7.11 Å². The van der Waals surface area contributed by atoms with Crippen molar-refractivity contribution in [2.45, 2.75) is 26.7 Å². The first kappa shape index (κ1) is 14.9. The predicted octanol–water partition coefficient (Wildman–Crippen LogP) is 4.60. The minimum Gasteiger partial charge on any atom is -0.482 e. The molecule has 1 aromatic carbocycles. The fourth-order valence-corrected chi connectivity index (χ4v) is 3.59. The van der Waals surface area contributed by atoms with Crippen LogP contribution in [0, 0.1) is 13.8 Å². The Balaban J connectivity index is 1.85. The molecule has 3 nitrogen and oxygen atoms in total. The smallest absolute Gasteiger partial charge is 0.199 e. The van der Waals surface area contributed by atoms with Crippen LogP contribution in [0.3, 0.4) is 0 Å². The largest absolute Gasteiger partial charge is 0.482 e. The molecule has 0 aliphatic rings. The first-order valence-electron chi connectivity index (χ1n) is 8.39. The van der Waals surface area contributed by atoms with E-state index in [1.165, 1.54) is 28.0 Å². The lowest BCUT2D eigenvalue weighted by atomic mass is 10.1. The summed E-state index contributed by atoms with van der Waals surface area (Å²) in [6.45, 7) is 4.34. The first-order chi connectivity index (χ1) is 11.7. The molecule has 0 saturated carbocycles. The average Bonchev–Trinajstić information content (AvgIpc) is 3.22. The summed E-state index contributed by atoms with van der Waals surface area (Å²) in [5.74, 6) is 0.884. The molecule has 0 spiro atoms. The number of ether oxygens (including phenoxy) is 1. The van der Waals surface area contributed by atoms with Crippen LogP contribution in [0.2, 0.25) is 0 Å². The molecule has 0 amide bonds. The van der Waals surface area contributed by atoms with Crippen molar-refractivity contribution in [1.29, 1.82) is 0 Å². The molecule has 24 heavy (non-hydrogen) atoms. The predicted molar refractivity (Wildman–Crippen MR) is 98.2 cm³/mol. The van der Waals surface area contributed by atoms with Crippen molar-refractivity contribution in [3.05, 3.63) is 77.1 Å². The van der Waals surface area contributed by atoms with Crippen LogP contribution in [0.4, 0.5) is 0 Å². The van der Waals surface area contributed by atoms with Crippen LogP contribution in [-0.4, -0.2) is 15.9 Å². The van der Waals surface area contributed by atoms with E-state index in [1.807, 2.05) is 6.07 Å². The highest BCUT2D eigenvalue weighted by Crippen LogP contribution is 2.27. The molecule has 0 atom stereocenters. The normalized spacial score (nSPS) is 11.5. The molecule has 3 heteroatoms. The highest BCUT2D eigenvalue weighted by atomic mass is 16.5. The maximum Gasteiger partial charge on any atom is 0.199 e. The Kier molecular flexibility index (Phi) is 3.57. The quantitative estimate of drug-likeness (QED) is 0.538. The number of hydrogen-bond donors (Lipinski definition) is 0. The van der Waals surface area contributed by atoms with E-state index in [0.29, 0.717) is 0 Å². The Morgan fingerprint density at radius 3 is 2.38 bits per heavy atom. The van der Waals surface area contributed by atoms with Gasteiger partial charge in [-0.3, -0.25) is 8.80 Å². The van der Waals surface area contributed by atoms with Crippen LogP contribution in [0.5, 0.6) is 5.88 Å². The molecule has 4 aromatic rings. The van der Waals surface area contributed by atoms with E-state index in [9.17, 15) is 0 Å². The van der Waals surface area contributed by atoms with E-state index in [-0.39, 0.29) is 0 Å². The summed E-state index contributed by atoms with van der Waals surface area (Å²) in [5.41, 5.74) is 7.68. The van der Waals surface area contributed by atoms with Gasteiger partial charge in [0.05, 0.1) is 12.6 Å². The molecule has 0 aliphatic carbocycles. The van der Waals surface area contributed by atoms with E-state index < -0.39 is 0 Å². The lowest BCUT2D eigenvalue weighted by Gasteiger charge is -2.14. The highest BCUT2D eigenvalue weighted by Gasteiger charge is 2.14. The van der Waals surface area contributed by atoms with Crippen molar-refractivity contribution in [3.8, 4) is 5.88 Å². The van der Waals surface area contributed by atoms with Crippen molar-refractivity contribution in [3.63, 3.8) is 0 Å². The number of nitrogens with zero attached hydrogens (tertiary/aromatic N) is 2. The molecule has 0 N–H and O–H groups in total. The molecule has 3 heterocycles. The minimum absolute atomic E-state index is 0.884. The van der Waals surface area contributed by atoms with Crippen LogP contribution in [0.1, 0.15) is 22.5 Å². The van der Waals surface area contributed by atoms with Gasteiger partial charge >= 0.3 is 0 Å². The molecule has 0 bridgehead atoms. The third-order valence-corrected chi connectivity index (χ3v) is 5.00. The molecule has 0 fully saturated rings. The molecular weight excluding hydrogens is 296 g/mol. The van der Waals surface area contributed by atoms with Gasteiger partial charge in [0, 0.05) is 17.5 Å². The van der Waals surface area contributed by atoms with Crippen molar-refractivity contribution in [1.82, 2.24) is 8.80 Å². The monoisotopic (exact) mass is 318 g/mol. The minimum atomic E-state index is 0.884. The number of rotatable bonds is 4. The summed E-state index contributed by atoms with van der Waals surface area (Å²) >= 11 is 0. The van der Waals surface area contributed by atoms with Crippen LogP contribution >= 0.6 is 0 Å². The van der Waals surface area contributed by atoms with Crippen molar-refractivity contribution in [2.24, 2.45) is 0 Å². The van der Waals surface area contributed by atoms with Gasteiger partial charge in [-0.05, 0) is 56.0 Å². The summed E-state index contributed by atoms with van der Waals surface area (Å²) in [6.07, 6.45) is 2.06. The molecule has 122 valence electrons. The highest BCUT2D eigenvalue weighted by molar-refractivity contribution is 5.66. The molecular formula is C21H22N2O. The maximum absolute atomic E-state index is 5.55. The zero-order valence-corrected chi connectivity index (χ0v) is 14.4. The van der Waals surface area contributed by atoms with Gasteiger partial charge in [0.2, 0.25) is 0 Å². The second-order valence-electron chi connectivity index (χ2n) is 6.31. The van der Waals surface area contributed by atoms with E-state index in [1.54, 1.807) is 7.11 Å². The Hall–Kier alpha value is -2.68. The van der Waals surface area contributed by atoms with E-state index >= 15 is 0 Å². The van der Waals surface area contributed by atoms with Gasteiger partial charge in [-0.25, -0.2) is 0 Å². The number of aryl methyl sites for hydroxylation is 4. The van der Waals surface area contributed by atoms with Crippen molar-refractivity contribution >= 4 is 11.2 Å². The first-order valence-corrected chi connectivity index (χ1v) is 8.39. The summed E-state index contributed by atoms with van der Waals surface area (Å²) in [6, 6.07) is 19.4. The Bertz CT molecular complexity index is 1010. The number of hydrogen-bond acceptors (Lipinski definition) is 1. The number of benzene rings is 1. The average molecular weight is 318 g/mol. The standard InChI is InChI=1S/C21H22N2O/c1-15-16(2)22-20(13-14-21(22)24-3)23-18(11-12-19(15)23)10-9-17-7-5-4-6-8-17/h4-8,11-14H,9-10H2,1-3H3. The Labute approximate surface area is 142 Å². The zero-order valence-electron chi connectivity index (χ0n) is 14.4. The molecule has 0 saturated heterocycles. The summed E-state index contributed by atoms with van der Waals surface area (Å²) < 4.78 is 10.1. The fourth-order valence-electron chi connectivity index (χ4n) is 3.59. The maximum atomic E-state index is 5.55. The molecule has 0 radical (unpaired) electrons. The SMILES string of the molecule is COc1ccc2n1c(C)c(C)c1ccc(CCc3ccccc3)n12. The molecule has 3 aromatic heterocycles. The molecule has 0 aliphatic heterocycles. The van der Waals surface area contributed by atoms with Gasteiger partial charge in [-0.15, -0.1) is 0 Å². The van der Waals surface area contributed by atoms with Crippen LogP contribution in [0.25, 0.3) is 11.2 Å². The third-order valence-electron chi connectivity index (χ3n) is 5.00. The van der Waals surface area contributed by atoms with Crippen LogP contribution in [-0.2, 0) is 12.8 Å². The third kappa shape index (κ3) is 2.20.